The SMILES string of the molecule is COc1ccc(Cl)cc1NC(=O)[C@H](C)[NH+](C)C[C@@H]1COc2ccccc2O1. The first-order valence-electron chi connectivity index (χ1n) is 8.83. The number of hydrogen-bond acceptors (Lipinski definition) is 4. The third-order valence-corrected chi connectivity index (χ3v) is 4.90. The van der Waals surface area contributed by atoms with Gasteiger partial charge in [-0.2, -0.15) is 0 Å². The monoisotopic (exact) mass is 391 g/mol. The molecule has 1 unspecified atom stereocenters. The second-order valence-electron chi connectivity index (χ2n) is 6.60. The van der Waals surface area contributed by atoms with Gasteiger partial charge in [0.15, 0.2) is 23.6 Å². The summed E-state index contributed by atoms with van der Waals surface area (Å²) in [6, 6.07) is 12.4. The number of carbonyl (C=O) groups excluding carboxylic acids is 1. The van der Waals surface area contributed by atoms with Crippen LogP contribution in [0.2, 0.25) is 5.02 Å². The molecule has 7 heteroatoms. The number of rotatable bonds is 6. The number of carbonyl (C=O) groups is 1. The van der Waals surface area contributed by atoms with Gasteiger partial charge in [-0.15, -0.1) is 0 Å². The van der Waals surface area contributed by atoms with Crippen molar-refractivity contribution in [2.24, 2.45) is 0 Å². The van der Waals surface area contributed by atoms with E-state index < -0.39 is 0 Å². The van der Waals surface area contributed by atoms with Crippen LogP contribution in [0.4, 0.5) is 5.69 Å². The molecule has 0 fully saturated rings. The molecule has 1 amide bonds. The lowest BCUT2D eigenvalue weighted by Crippen LogP contribution is -3.15. The predicted octanol–water partition coefficient (Wildman–Crippen LogP) is 2.03. The highest BCUT2D eigenvalue weighted by molar-refractivity contribution is 6.31. The van der Waals surface area contributed by atoms with Gasteiger partial charge in [0, 0.05) is 5.02 Å². The van der Waals surface area contributed by atoms with E-state index >= 15 is 0 Å². The number of benzene rings is 2. The van der Waals surface area contributed by atoms with E-state index in [1.807, 2.05) is 38.2 Å². The lowest BCUT2D eigenvalue weighted by Gasteiger charge is -2.29. The van der Waals surface area contributed by atoms with Crippen LogP contribution < -0.4 is 24.4 Å². The lowest BCUT2D eigenvalue weighted by atomic mass is 10.2. The Hall–Kier alpha value is -2.44. The van der Waals surface area contributed by atoms with Gasteiger partial charge in [-0.05, 0) is 37.3 Å². The van der Waals surface area contributed by atoms with E-state index in [-0.39, 0.29) is 18.1 Å². The molecule has 144 valence electrons. The van der Waals surface area contributed by atoms with Crippen LogP contribution in [0.3, 0.4) is 0 Å². The summed E-state index contributed by atoms with van der Waals surface area (Å²) in [4.78, 5) is 13.7. The Morgan fingerprint density at radius 3 is 2.81 bits per heavy atom. The number of likely N-dealkylation sites (N-methyl/N-ethyl adjacent to an activating group) is 1. The van der Waals surface area contributed by atoms with Crippen LogP contribution in [0.25, 0.3) is 0 Å². The van der Waals surface area contributed by atoms with E-state index in [1.54, 1.807) is 25.3 Å². The number of halogens is 1. The quantitative estimate of drug-likeness (QED) is 0.791. The highest BCUT2D eigenvalue weighted by Crippen LogP contribution is 2.30. The summed E-state index contributed by atoms with van der Waals surface area (Å²) < 4.78 is 17.0. The third kappa shape index (κ3) is 4.64. The van der Waals surface area contributed by atoms with Crippen molar-refractivity contribution in [3.8, 4) is 17.2 Å². The number of nitrogens with one attached hydrogen (secondary N) is 2. The molecule has 0 aliphatic carbocycles. The molecule has 2 aromatic carbocycles. The second kappa shape index (κ2) is 8.50. The summed E-state index contributed by atoms with van der Waals surface area (Å²) in [7, 11) is 3.52. The molecule has 0 saturated heterocycles. The molecule has 2 aromatic rings. The van der Waals surface area contributed by atoms with E-state index in [9.17, 15) is 4.79 Å². The highest BCUT2D eigenvalue weighted by atomic mass is 35.5. The number of quaternary nitrogens is 1. The molecular formula is C20H24ClN2O4+. The molecule has 1 heterocycles. The Balaban J connectivity index is 1.60. The van der Waals surface area contributed by atoms with Gasteiger partial charge in [-0.3, -0.25) is 4.79 Å². The Morgan fingerprint density at radius 2 is 2.07 bits per heavy atom. The maximum absolute atomic E-state index is 12.7. The number of anilines is 1. The lowest BCUT2D eigenvalue weighted by molar-refractivity contribution is -0.896. The van der Waals surface area contributed by atoms with Crippen LogP contribution in [-0.4, -0.2) is 45.4 Å². The summed E-state index contributed by atoms with van der Waals surface area (Å²) >= 11 is 6.03. The molecule has 0 radical (unpaired) electrons. The van der Waals surface area contributed by atoms with Crippen LogP contribution in [0.5, 0.6) is 17.2 Å². The van der Waals surface area contributed by atoms with Crippen LogP contribution in [0.1, 0.15) is 6.92 Å². The number of fused-ring (bicyclic) bond motifs is 1. The molecule has 0 saturated carbocycles. The largest absolute Gasteiger partial charge is 0.495 e. The van der Waals surface area contributed by atoms with Crippen molar-refractivity contribution in [1.82, 2.24) is 0 Å². The fourth-order valence-corrected chi connectivity index (χ4v) is 3.11. The molecule has 6 nitrogen and oxygen atoms in total. The summed E-state index contributed by atoms with van der Waals surface area (Å²) in [5, 5.41) is 3.43. The number of methoxy groups -OCH3 is 1. The molecule has 1 aliphatic rings. The first kappa shape index (κ1) is 19.3. The highest BCUT2D eigenvalue weighted by Gasteiger charge is 2.29. The zero-order valence-corrected chi connectivity index (χ0v) is 16.4. The fraction of sp³-hybridized carbons (Fsp3) is 0.350. The Bertz CT molecular complexity index is 814. The summed E-state index contributed by atoms with van der Waals surface area (Å²) in [5.74, 6) is 1.94. The summed E-state index contributed by atoms with van der Waals surface area (Å²) in [6.07, 6.45) is -0.115. The number of amides is 1. The maximum Gasteiger partial charge on any atom is 0.282 e. The van der Waals surface area contributed by atoms with Crippen molar-refractivity contribution in [3.05, 3.63) is 47.5 Å². The minimum absolute atomic E-state index is 0.115. The smallest absolute Gasteiger partial charge is 0.282 e. The molecule has 2 N–H and O–H groups in total. The zero-order valence-electron chi connectivity index (χ0n) is 15.6. The van der Waals surface area contributed by atoms with Crippen molar-refractivity contribution < 1.29 is 23.9 Å². The number of ether oxygens (including phenoxy) is 3. The summed E-state index contributed by atoms with van der Waals surface area (Å²) in [5.41, 5.74) is 0.556. The van der Waals surface area contributed by atoms with Gasteiger partial charge in [0.05, 0.1) is 19.8 Å². The average Bonchev–Trinajstić information content (AvgIpc) is 2.67. The van der Waals surface area contributed by atoms with Crippen LogP contribution in [-0.2, 0) is 4.79 Å². The molecule has 27 heavy (non-hydrogen) atoms. The standard InChI is InChI=1S/C20H23ClN2O4/c1-13(20(24)22-16-10-14(21)8-9-17(16)25-3)23(2)11-15-12-26-18-6-4-5-7-19(18)27-15/h4-10,13,15H,11-12H2,1-3H3,(H,22,24)/p+1/t13-,15+/m0/s1. The zero-order chi connectivity index (χ0) is 19.4. The Morgan fingerprint density at radius 1 is 1.33 bits per heavy atom. The van der Waals surface area contributed by atoms with Crippen molar-refractivity contribution in [2.45, 2.75) is 19.1 Å². The molecule has 1 aliphatic heterocycles. The first-order chi connectivity index (χ1) is 13.0. The normalized spacial score (nSPS) is 17.7. The van der Waals surface area contributed by atoms with Gasteiger partial charge in [0.1, 0.15) is 18.9 Å². The van der Waals surface area contributed by atoms with Crippen LogP contribution in [0, 0.1) is 0 Å². The first-order valence-corrected chi connectivity index (χ1v) is 9.21. The Kier molecular flexibility index (Phi) is 6.08. The maximum atomic E-state index is 12.7. The summed E-state index contributed by atoms with van der Waals surface area (Å²) in [6.45, 7) is 2.97. The van der Waals surface area contributed by atoms with Crippen molar-refractivity contribution in [1.29, 1.82) is 0 Å². The van der Waals surface area contributed by atoms with E-state index in [1.165, 1.54) is 0 Å². The van der Waals surface area contributed by atoms with E-state index in [0.29, 0.717) is 29.6 Å². The second-order valence-corrected chi connectivity index (χ2v) is 7.04. The number of para-hydroxylation sites is 2. The average molecular weight is 392 g/mol. The molecule has 3 atom stereocenters. The van der Waals surface area contributed by atoms with Crippen LogP contribution >= 0.6 is 11.6 Å². The van der Waals surface area contributed by atoms with E-state index in [0.717, 1.165) is 16.4 Å². The van der Waals surface area contributed by atoms with Crippen molar-refractivity contribution >= 4 is 23.2 Å². The van der Waals surface area contributed by atoms with Crippen molar-refractivity contribution in [3.63, 3.8) is 0 Å². The van der Waals surface area contributed by atoms with E-state index in [4.69, 9.17) is 25.8 Å². The molecule has 0 aromatic heterocycles. The molecular weight excluding hydrogens is 368 g/mol. The van der Waals surface area contributed by atoms with Gasteiger partial charge in [-0.25, -0.2) is 0 Å². The van der Waals surface area contributed by atoms with Gasteiger partial charge in [0.25, 0.3) is 5.91 Å². The Labute approximate surface area is 164 Å². The molecule has 0 bridgehead atoms. The van der Waals surface area contributed by atoms with Crippen molar-refractivity contribution in [2.75, 3.05) is 32.6 Å². The van der Waals surface area contributed by atoms with Gasteiger partial charge in [-0.1, -0.05) is 23.7 Å². The topological polar surface area (TPSA) is 61.2 Å². The van der Waals surface area contributed by atoms with Crippen LogP contribution in [0.15, 0.2) is 42.5 Å². The fourth-order valence-electron chi connectivity index (χ4n) is 2.94. The molecule has 0 spiro atoms. The third-order valence-electron chi connectivity index (χ3n) is 4.67. The van der Waals surface area contributed by atoms with E-state index in [2.05, 4.69) is 5.32 Å². The predicted molar refractivity (Wildman–Crippen MR) is 104 cm³/mol. The number of hydrogen-bond donors (Lipinski definition) is 2. The van der Waals surface area contributed by atoms with Gasteiger partial charge >= 0.3 is 0 Å². The van der Waals surface area contributed by atoms with Gasteiger partial charge in [0.2, 0.25) is 0 Å². The minimum atomic E-state index is -0.297. The molecule has 3 rings (SSSR count). The van der Waals surface area contributed by atoms with Gasteiger partial charge < -0.3 is 24.4 Å². The minimum Gasteiger partial charge on any atom is -0.495 e.